The molecule has 5 atom stereocenters. The van der Waals surface area contributed by atoms with E-state index in [0.717, 1.165) is 0 Å². The lowest BCUT2D eigenvalue weighted by molar-refractivity contribution is -0.296. The zero-order valence-corrected chi connectivity index (χ0v) is 9.22. The van der Waals surface area contributed by atoms with Crippen LogP contribution in [0.4, 0.5) is 0 Å². The maximum absolute atomic E-state index is 10.2. The Morgan fingerprint density at radius 3 is 2.41 bits per heavy atom. The number of carbonyl (C=O) groups is 1. The number of aliphatic hydroxyl groups is 3. The van der Waals surface area contributed by atoms with Crippen molar-refractivity contribution in [2.75, 3.05) is 20.3 Å². The van der Waals surface area contributed by atoms with Crippen molar-refractivity contribution >= 4 is 5.97 Å². The third kappa shape index (κ3) is 3.60. The van der Waals surface area contributed by atoms with Gasteiger partial charge in [0.15, 0.2) is 6.29 Å². The molecule has 0 aliphatic carbocycles. The molecular weight excluding hydrogens is 236 g/mol. The number of ether oxygens (including phenoxy) is 3. The molecule has 1 saturated heterocycles. The van der Waals surface area contributed by atoms with Crippen LogP contribution in [0.15, 0.2) is 0 Å². The Kier molecular flexibility index (Phi) is 5.25. The van der Waals surface area contributed by atoms with Gasteiger partial charge < -0.3 is 34.6 Å². The lowest BCUT2D eigenvalue weighted by Gasteiger charge is -2.39. The van der Waals surface area contributed by atoms with Crippen LogP contribution in [0, 0.1) is 0 Å². The molecule has 0 saturated carbocycles. The van der Waals surface area contributed by atoms with Crippen LogP contribution in [0.3, 0.4) is 0 Å². The molecule has 0 aromatic heterocycles. The van der Waals surface area contributed by atoms with Crippen LogP contribution >= 0.6 is 0 Å². The standard InChI is InChI=1S/C9H16O8/c1-15-9-8(14)7(13)6(12)4(17-9)2-16-3-5(10)11/h4,6-9,12-14H,2-3H2,1H3,(H,10,11)/t4?,6?,7-,8?,9?/m1/s1. The maximum atomic E-state index is 10.2. The van der Waals surface area contributed by atoms with Crippen LogP contribution in [0.1, 0.15) is 0 Å². The Balaban J connectivity index is 2.50. The second-order valence-corrected chi connectivity index (χ2v) is 3.66. The van der Waals surface area contributed by atoms with Crippen molar-refractivity contribution in [1.82, 2.24) is 0 Å². The second-order valence-electron chi connectivity index (χ2n) is 3.66. The summed E-state index contributed by atoms with van der Waals surface area (Å²) in [4.78, 5) is 10.2. The minimum atomic E-state index is -1.44. The highest BCUT2D eigenvalue weighted by atomic mass is 16.7. The first-order chi connectivity index (χ1) is 7.97. The summed E-state index contributed by atoms with van der Waals surface area (Å²) in [6.45, 7) is -0.764. The number of hydrogen-bond donors (Lipinski definition) is 4. The molecule has 0 spiro atoms. The average molecular weight is 252 g/mol. The second kappa shape index (κ2) is 6.24. The molecule has 4 N–H and O–H groups in total. The summed E-state index contributed by atoms with van der Waals surface area (Å²) in [5.74, 6) is -1.15. The molecular formula is C9H16O8. The fourth-order valence-corrected chi connectivity index (χ4v) is 1.51. The Hall–Kier alpha value is -0.770. The normalized spacial score (nSPS) is 38.0. The molecule has 0 aromatic carbocycles. The number of aliphatic hydroxyl groups excluding tert-OH is 3. The van der Waals surface area contributed by atoms with Gasteiger partial charge in [0.2, 0.25) is 0 Å². The van der Waals surface area contributed by atoms with Crippen LogP contribution in [0.2, 0.25) is 0 Å². The summed E-state index contributed by atoms with van der Waals surface area (Å²) in [7, 11) is 1.27. The van der Waals surface area contributed by atoms with Crippen molar-refractivity contribution in [3.05, 3.63) is 0 Å². The van der Waals surface area contributed by atoms with Crippen molar-refractivity contribution in [3.8, 4) is 0 Å². The molecule has 0 amide bonds. The van der Waals surface area contributed by atoms with Crippen molar-refractivity contribution < 1.29 is 39.4 Å². The smallest absolute Gasteiger partial charge is 0.329 e. The van der Waals surface area contributed by atoms with Gasteiger partial charge in [-0.1, -0.05) is 0 Å². The van der Waals surface area contributed by atoms with Gasteiger partial charge in [-0.05, 0) is 0 Å². The zero-order chi connectivity index (χ0) is 13.0. The molecule has 1 rings (SSSR count). The van der Waals surface area contributed by atoms with E-state index in [1.165, 1.54) is 7.11 Å². The lowest BCUT2D eigenvalue weighted by atomic mass is 9.99. The van der Waals surface area contributed by atoms with E-state index in [-0.39, 0.29) is 6.61 Å². The minimum absolute atomic E-state index is 0.225. The Morgan fingerprint density at radius 1 is 1.24 bits per heavy atom. The monoisotopic (exact) mass is 252 g/mol. The van der Waals surface area contributed by atoms with Gasteiger partial charge in [0.1, 0.15) is 31.0 Å². The molecule has 0 radical (unpaired) electrons. The Labute approximate surface area is 97.3 Å². The topological polar surface area (TPSA) is 126 Å². The molecule has 4 unspecified atom stereocenters. The van der Waals surface area contributed by atoms with Crippen LogP contribution in [-0.4, -0.2) is 77.4 Å². The molecule has 1 aliphatic heterocycles. The number of methoxy groups -OCH3 is 1. The van der Waals surface area contributed by atoms with Gasteiger partial charge >= 0.3 is 5.97 Å². The van der Waals surface area contributed by atoms with E-state index in [1.54, 1.807) is 0 Å². The van der Waals surface area contributed by atoms with Crippen molar-refractivity contribution in [2.24, 2.45) is 0 Å². The highest BCUT2D eigenvalue weighted by molar-refractivity contribution is 5.67. The first kappa shape index (κ1) is 14.3. The van der Waals surface area contributed by atoms with Crippen molar-refractivity contribution in [3.63, 3.8) is 0 Å². The van der Waals surface area contributed by atoms with Crippen molar-refractivity contribution in [2.45, 2.75) is 30.7 Å². The largest absolute Gasteiger partial charge is 0.480 e. The highest BCUT2D eigenvalue weighted by Crippen LogP contribution is 2.21. The van der Waals surface area contributed by atoms with Gasteiger partial charge in [-0.25, -0.2) is 4.79 Å². The van der Waals surface area contributed by atoms with Gasteiger partial charge in [0.25, 0.3) is 0 Å². The quantitative estimate of drug-likeness (QED) is 0.424. The molecule has 0 aromatic rings. The van der Waals surface area contributed by atoms with E-state index in [1.807, 2.05) is 0 Å². The molecule has 1 aliphatic rings. The van der Waals surface area contributed by atoms with E-state index in [4.69, 9.17) is 19.3 Å². The van der Waals surface area contributed by atoms with Gasteiger partial charge in [0, 0.05) is 7.11 Å². The summed E-state index contributed by atoms with van der Waals surface area (Å²) in [5, 5.41) is 36.9. The number of rotatable bonds is 5. The van der Waals surface area contributed by atoms with E-state index in [2.05, 4.69) is 0 Å². The Bertz CT molecular complexity index is 255. The highest BCUT2D eigenvalue weighted by Gasteiger charge is 2.43. The number of hydrogen-bond acceptors (Lipinski definition) is 7. The third-order valence-electron chi connectivity index (χ3n) is 2.41. The SMILES string of the molecule is COC1OC(COCC(=O)O)C(O)[C@@H](O)C1O. The number of carboxylic acid groups (broad SMARTS) is 1. The van der Waals surface area contributed by atoms with Crippen LogP contribution < -0.4 is 0 Å². The van der Waals surface area contributed by atoms with Gasteiger partial charge in [-0.3, -0.25) is 0 Å². The van der Waals surface area contributed by atoms with Crippen molar-refractivity contribution in [1.29, 1.82) is 0 Å². The summed E-state index contributed by atoms with van der Waals surface area (Å²) in [5.41, 5.74) is 0. The zero-order valence-electron chi connectivity index (χ0n) is 9.22. The third-order valence-corrected chi connectivity index (χ3v) is 2.41. The first-order valence-corrected chi connectivity index (χ1v) is 4.99. The molecule has 1 heterocycles. The predicted molar refractivity (Wildman–Crippen MR) is 52.1 cm³/mol. The minimum Gasteiger partial charge on any atom is -0.480 e. The van der Waals surface area contributed by atoms with E-state index in [0.29, 0.717) is 0 Å². The summed E-state index contributed by atoms with van der Waals surface area (Å²) >= 11 is 0. The van der Waals surface area contributed by atoms with E-state index < -0.39 is 43.3 Å². The van der Waals surface area contributed by atoms with E-state index in [9.17, 15) is 20.1 Å². The summed E-state index contributed by atoms with van der Waals surface area (Å²) in [6.07, 6.45) is -6.23. The van der Waals surface area contributed by atoms with Gasteiger partial charge in [0.05, 0.1) is 6.61 Å². The number of aliphatic carboxylic acids is 1. The fourth-order valence-electron chi connectivity index (χ4n) is 1.51. The van der Waals surface area contributed by atoms with Gasteiger partial charge in [-0.15, -0.1) is 0 Å². The van der Waals surface area contributed by atoms with Crippen LogP contribution in [0.5, 0.6) is 0 Å². The molecule has 8 heteroatoms. The molecule has 100 valence electrons. The number of carboxylic acids is 1. The first-order valence-electron chi connectivity index (χ1n) is 4.99. The lowest BCUT2D eigenvalue weighted by Crippen LogP contribution is -2.59. The van der Waals surface area contributed by atoms with Crippen LogP contribution in [0.25, 0.3) is 0 Å². The van der Waals surface area contributed by atoms with E-state index >= 15 is 0 Å². The van der Waals surface area contributed by atoms with Crippen LogP contribution in [-0.2, 0) is 19.0 Å². The molecule has 0 bridgehead atoms. The molecule has 1 fully saturated rings. The predicted octanol–water partition coefficient (Wildman–Crippen LogP) is -2.46. The summed E-state index contributed by atoms with van der Waals surface area (Å²) in [6, 6.07) is 0. The molecule has 17 heavy (non-hydrogen) atoms. The summed E-state index contributed by atoms with van der Waals surface area (Å²) < 4.78 is 14.6. The Morgan fingerprint density at radius 2 is 1.88 bits per heavy atom. The fraction of sp³-hybridized carbons (Fsp3) is 0.889. The van der Waals surface area contributed by atoms with Gasteiger partial charge in [-0.2, -0.15) is 0 Å². The average Bonchev–Trinajstić information content (AvgIpc) is 2.29. The maximum Gasteiger partial charge on any atom is 0.329 e. The molecule has 8 nitrogen and oxygen atoms in total.